The first-order valence-electron chi connectivity index (χ1n) is 6.43. The molecule has 114 valence electrons. The predicted molar refractivity (Wildman–Crippen MR) is 74.5 cm³/mol. The Kier molecular flexibility index (Phi) is 6.32. The molecule has 1 aromatic carbocycles. The SMILES string of the molecule is CCOC(=O)C(C(=O)OCC)c1ccc(OC)cc1N=O. The van der Waals surface area contributed by atoms with E-state index in [9.17, 15) is 14.5 Å². The molecule has 0 heterocycles. The summed E-state index contributed by atoms with van der Waals surface area (Å²) in [5.74, 6) is -2.53. The molecule has 7 nitrogen and oxygen atoms in total. The van der Waals surface area contributed by atoms with Crippen LogP contribution in [0.3, 0.4) is 0 Å². The number of hydrogen-bond donors (Lipinski definition) is 0. The summed E-state index contributed by atoms with van der Waals surface area (Å²) in [5.41, 5.74) is 0.0585. The van der Waals surface area contributed by atoms with E-state index in [1.807, 2.05) is 0 Å². The van der Waals surface area contributed by atoms with Gasteiger partial charge in [0.05, 0.1) is 20.3 Å². The number of nitrogens with zero attached hydrogens (tertiary/aromatic N) is 1. The van der Waals surface area contributed by atoms with Crippen molar-refractivity contribution in [2.75, 3.05) is 20.3 Å². The summed E-state index contributed by atoms with van der Waals surface area (Å²) in [7, 11) is 1.43. The van der Waals surface area contributed by atoms with Gasteiger partial charge in [-0.25, -0.2) is 0 Å². The van der Waals surface area contributed by atoms with Gasteiger partial charge in [-0.1, -0.05) is 6.07 Å². The van der Waals surface area contributed by atoms with E-state index in [2.05, 4.69) is 5.18 Å². The lowest BCUT2D eigenvalue weighted by Gasteiger charge is -2.16. The Labute approximate surface area is 122 Å². The van der Waals surface area contributed by atoms with E-state index in [0.717, 1.165) is 0 Å². The van der Waals surface area contributed by atoms with Gasteiger partial charge in [-0.2, -0.15) is 0 Å². The molecule has 0 fully saturated rings. The van der Waals surface area contributed by atoms with E-state index in [4.69, 9.17) is 14.2 Å². The fourth-order valence-corrected chi connectivity index (χ4v) is 1.77. The monoisotopic (exact) mass is 295 g/mol. The maximum absolute atomic E-state index is 12.0. The van der Waals surface area contributed by atoms with Gasteiger partial charge in [-0.15, -0.1) is 4.91 Å². The molecule has 0 bridgehead atoms. The Hall–Kier alpha value is -2.44. The minimum absolute atomic E-state index is 0.0690. The molecule has 0 atom stereocenters. The van der Waals surface area contributed by atoms with Crippen LogP contribution in [0.4, 0.5) is 5.69 Å². The van der Waals surface area contributed by atoms with Crippen LogP contribution in [0.1, 0.15) is 25.3 Å². The van der Waals surface area contributed by atoms with Crippen LogP contribution in [0.15, 0.2) is 23.4 Å². The van der Waals surface area contributed by atoms with Gasteiger partial charge < -0.3 is 14.2 Å². The second-order valence-corrected chi connectivity index (χ2v) is 3.95. The molecule has 0 unspecified atom stereocenters. The van der Waals surface area contributed by atoms with E-state index < -0.39 is 17.9 Å². The standard InChI is InChI=1S/C14H17NO6/c1-4-20-13(16)12(14(17)21-5-2)10-7-6-9(19-3)8-11(10)15-18/h6-8,12H,4-5H2,1-3H3. The summed E-state index contributed by atoms with van der Waals surface area (Å²) in [5, 5.41) is 2.84. The van der Waals surface area contributed by atoms with E-state index in [0.29, 0.717) is 5.75 Å². The first kappa shape index (κ1) is 16.6. The fraction of sp³-hybridized carbons (Fsp3) is 0.429. The zero-order valence-corrected chi connectivity index (χ0v) is 12.1. The number of esters is 2. The van der Waals surface area contributed by atoms with Crippen LogP contribution in [0.25, 0.3) is 0 Å². The second-order valence-electron chi connectivity index (χ2n) is 3.95. The molecule has 0 aromatic heterocycles. The Balaban J connectivity index is 3.27. The molecule has 0 radical (unpaired) electrons. The van der Waals surface area contributed by atoms with Crippen molar-refractivity contribution in [1.29, 1.82) is 0 Å². The van der Waals surface area contributed by atoms with Crippen molar-refractivity contribution in [2.24, 2.45) is 5.18 Å². The number of nitroso groups, excluding NO2 is 1. The van der Waals surface area contributed by atoms with Crippen molar-refractivity contribution in [2.45, 2.75) is 19.8 Å². The van der Waals surface area contributed by atoms with Gasteiger partial charge in [0.15, 0.2) is 5.92 Å². The van der Waals surface area contributed by atoms with Gasteiger partial charge >= 0.3 is 11.9 Å². The summed E-state index contributed by atoms with van der Waals surface area (Å²) in [6.45, 7) is 3.45. The minimum atomic E-state index is -1.34. The van der Waals surface area contributed by atoms with E-state index >= 15 is 0 Å². The number of hydrogen-bond acceptors (Lipinski definition) is 7. The van der Waals surface area contributed by atoms with Gasteiger partial charge in [0, 0.05) is 11.6 Å². The molecule has 0 aliphatic carbocycles. The van der Waals surface area contributed by atoms with Crippen LogP contribution in [0, 0.1) is 4.91 Å². The Morgan fingerprint density at radius 2 is 1.71 bits per heavy atom. The van der Waals surface area contributed by atoms with E-state index in [1.54, 1.807) is 13.8 Å². The predicted octanol–water partition coefficient (Wildman–Crippen LogP) is 2.30. The zero-order chi connectivity index (χ0) is 15.8. The van der Waals surface area contributed by atoms with Crippen LogP contribution >= 0.6 is 0 Å². The molecule has 1 rings (SSSR count). The van der Waals surface area contributed by atoms with Crippen molar-refractivity contribution < 1.29 is 23.8 Å². The lowest BCUT2D eigenvalue weighted by Crippen LogP contribution is -2.26. The van der Waals surface area contributed by atoms with Gasteiger partial charge in [-0.05, 0) is 25.1 Å². The lowest BCUT2D eigenvalue weighted by atomic mass is 9.97. The molecular weight excluding hydrogens is 278 g/mol. The number of ether oxygens (including phenoxy) is 3. The molecule has 0 spiro atoms. The Morgan fingerprint density at radius 3 is 2.14 bits per heavy atom. The molecule has 0 amide bonds. The first-order valence-corrected chi connectivity index (χ1v) is 6.43. The minimum Gasteiger partial charge on any atom is -0.497 e. The number of methoxy groups -OCH3 is 1. The number of rotatable bonds is 7. The average molecular weight is 295 g/mol. The molecule has 0 saturated heterocycles. The maximum atomic E-state index is 12.0. The normalized spacial score (nSPS) is 10.1. The van der Waals surface area contributed by atoms with Crippen molar-refractivity contribution in [3.8, 4) is 5.75 Å². The highest BCUT2D eigenvalue weighted by Gasteiger charge is 2.34. The van der Waals surface area contributed by atoms with Gasteiger partial charge in [-0.3, -0.25) is 9.59 Å². The largest absolute Gasteiger partial charge is 0.497 e. The average Bonchev–Trinajstić information content (AvgIpc) is 2.48. The Bertz CT molecular complexity index is 510. The highest BCUT2D eigenvalue weighted by molar-refractivity contribution is 6.02. The van der Waals surface area contributed by atoms with E-state index in [-0.39, 0.29) is 24.5 Å². The summed E-state index contributed by atoms with van der Waals surface area (Å²) in [6, 6.07) is 4.29. The highest BCUT2D eigenvalue weighted by atomic mass is 16.6. The quantitative estimate of drug-likeness (QED) is 0.435. The molecular formula is C14H17NO6. The van der Waals surface area contributed by atoms with Crippen LogP contribution in [-0.2, 0) is 19.1 Å². The third-order valence-corrected chi connectivity index (χ3v) is 2.69. The molecule has 0 aliphatic heterocycles. The van der Waals surface area contributed by atoms with Crippen LogP contribution in [0.2, 0.25) is 0 Å². The lowest BCUT2D eigenvalue weighted by molar-refractivity contribution is -0.156. The molecule has 7 heteroatoms. The van der Waals surface area contributed by atoms with Crippen LogP contribution < -0.4 is 4.74 Å². The van der Waals surface area contributed by atoms with Gasteiger partial charge in [0.1, 0.15) is 11.4 Å². The van der Waals surface area contributed by atoms with Crippen molar-refractivity contribution in [1.82, 2.24) is 0 Å². The summed E-state index contributed by atoms with van der Waals surface area (Å²) in [4.78, 5) is 34.9. The fourth-order valence-electron chi connectivity index (χ4n) is 1.77. The third kappa shape index (κ3) is 4.01. The smallest absolute Gasteiger partial charge is 0.324 e. The van der Waals surface area contributed by atoms with Crippen LogP contribution in [0.5, 0.6) is 5.75 Å². The summed E-state index contributed by atoms with van der Waals surface area (Å²) >= 11 is 0. The second kappa shape index (κ2) is 7.98. The van der Waals surface area contributed by atoms with Gasteiger partial charge in [0.25, 0.3) is 0 Å². The topological polar surface area (TPSA) is 91.3 Å². The zero-order valence-electron chi connectivity index (χ0n) is 12.1. The maximum Gasteiger partial charge on any atom is 0.324 e. The molecule has 1 aromatic rings. The molecule has 0 N–H and O–H groups in total. The summed E-state index contributed by atoms with van der Waals surface area (Å²) < 4.78 is 14.7. The summed E-state index contributed by atoms with van der Waals surface area (Å²) in [6.07, 6.45) is 0. The Morgan fingerprint density at radius 1 is 1.14 bits per heavy atom. The van der Waals surface area contributed by atoms with Crippen molar-refractivity contribution in [3.63, 3.8) is 0 Å². The highest BCUT2D eigenvalue weighted by Crippen LogP contribution is 2.32. The number of carbonyl (C=O) groups is 2. The molecule has 0 aliphatic rings. The molecule has 0 saturated carbocycles. The first-order chi connectivity index (χ1) is 10.1. The molecule has 21 heavy (non-hydrogen) atoms. The van der Waals surface area contributed by atoms with Gasteiger partial charge in [0.2, 0.25) is 0 Å². The van der Waals surface area contributed by atoms with E-state index in [1.165, 1.54) is 25.3 Å². The third-order valence-electron chi connectivity index (χ3n) is 2.69. The van der Waals surface area contributed by atoms with Crippen molar-refractivity contribution >= 4 is 17.6 Å². The van der Waals surface area contributed by atoms with Crippen LogP contribution in [-0.4, -0.2) is 32.3 Å². The number of carbonyl (C=O) groups excluding carboxylic acids is 2. The number of benzene rings is 1. The van der Waals surface area contributed by atoms with Crippen molar-refractivity contribution in [3.05, 3.63) is 28.7 Å².